The number of sulfonamides is 1. The molecule has 0 bridgehead atoms. The van der Waals surface area contributed by atoms with Crippen molar-refractivity contribution in [2.24, 2.45) is 0 Å². The van der Waals surface area contributed by atoms with Crippen molar-refractivity contribution >= 4 is 48.9 Å². The first kappa shape index (κ1) is 16.7. The molecule has 1 fully saturated rings. The quantitative estimate of drug-likeness (QED) is 0.725. The van der Waals surface area contributed by atoms with E-state index in [9.17, 15) is 8.42 Å². The number of alkyl halides is 1. The lowest BCUT2D eigenvalue weighted by Crippen LogP contribution is -2.51. The minimum absolute atomic E-state index is 0.0857. The maximum atomic E-state index is 12.9. The third-order valence-corrected chi connectivity index (χ3v) is 7.93. The molecule has 1 saturated heterocycles. The minimum Gasteiger partial charge on any atom is -0.375 e. The summed E-state index contributed by atoms with van der Waals surface area (Å²) in [5.74, 6) is 0.315. The van der Waals surface area contributed by atoms with E-state index in [0.29, 0.717) is 27.7 Å². The van der Waals surface area contributed by atoms with Crippen LogP contribution in [-0.4, -0.2) is 38.0 Å². The van der Waals surface area contributed by atoms with Gasteiger partial charge in [-0.2, -0.15) is 4.31 Å². The van der Waals surface area contributed by atoms with Crippen LogP contribution in [0.15, 0.2) is 14.7 Å². The second kappa shape index (κ2) is 6.62. The molecular weight excluding hydrogens is 386 g/mol. The van der Waals surface area contributed by atoms with E-state index in [1.54, 1.807) is 10.4 Å². The van der Waals surface area contributed by atoms with Gasteiger partial charge >= 0.3 is 0 Å². The summed E-state index contributed by atoms with van der Waals surface area (Å²) in [6.07, 6.45) is 0.647. The lowest BCUT2D eigenvalue weighted by Gasteiger charge is -2.37. The Hall–Kier alpha value is 0.340. The number of morpholine rings is 1. The Bertz CT molecular complexity index is 575. The van der Waals surface area contributed by atoms with Crippen molar-refractivity contribution in [3.63, 3.8) is 0 Å². The van der Waals surface area contributed by atoms with Gasteiger partial charge in [0.25, 0.3) is 0 Å². The Balaban J connectivity index is 2.39. The maximum absolute atomic E-state index is 12.9. The van der Waals surface area contributed by atoms with Crippen molar-refractivity contribution in [1.29, 1.82) is 0 Å². The summed E-state index contributed by atoms with van der Waals surface area (Å²) in [5.41, 5.74) is 0. The fourth-order valence-electron chi connectivity index (χ4n) is 2.20. The second-order valence-corrected chi connectivity index (χ2v) is 9.35. The summed E-state index contributed by atoms with van der Waals surface area (Å²) < 4.78 is 33.4. The lowest BCUT2D eigenvalue weighted by atomic mass is 10.2. The van der Waals surface area contributed by atoms with Crippen LogP contribution in [0.5, 0.6) is 0 Å². The summed E-state index contributed by atoms with van der Waals surface area (Å²) >= 11 is 10.5. The summed E-state index contributed by atoms with van der Waals surface area (Å²) in [4.78, 5) is 1.15. The molecule has 1 aromatic heterocycles. The van der Waals surface area contributed by atoms with Crippen LogP contribution in [0.2, 0.25) is 0 Å². The number of halogens is 2. The predicted octanol–water partition coefficient (Wildman–Crippen LogP) is 3.44. The molecule has 0 amide bonds. The summed E-state index contributed by atoms with van der Waals surface area (Å²) in [5, 5.41) is 0. The molecular formula is C12H17BrClNO3S2. The van der Waals surface area contributed by atoms with Crippen molar-refractivity contribution in [2.75, 3.05) is 13.2 Å². The van der Waals surface area contributed by atoms with Gasteiger partial charge < -0.3 is 4.74 Å². The fraction of sp³-hybridized carbons (Fsp3) is 0.667. The van der Waals surface area contributed by atoms with Gasteiger partial charge in [-0.1, -0.05) is 6.92 Å². The van der Waals surface area contributed by atoms with Gasteiger partial charge in [-0.3, -0.25) is 0 Å². The fourth-order valence-corrected chi connectivity index (χ4v) is 6.68. The first-order valence-electron chi connectivity index (χ1n) is 6.37. The number of rotatable bonds is 4. The highest BCUT2D eigenvalue weighted by molar-refractivity contribution is 9.11. The van der Waals surface area contributed by atoms with Crippen LogP contribution < -0.4 is 0 Å². The highest BCUT2D eigenvalue weighted by atomic mass is 79.9. The average molecular weight is 403 g/mol. The monoisotopic (exact) mass is 401 g/mol. The molecule has 0 N–H and O–H groups in total. The second-order valence-electron chi connectivity index (χ2n) is 4.77. The molecule has 2 rings (SSSR count). The molecule has 4 nitrogen and oxygen atoms in total. The Labute approximate surface area is 137 Å². The van der Waals surface area contributed by atoms with Crippen LogP contribution in [0, 0.1) is 0 Å². The molecule has 2 atom stereocenters. The summed E-state index contributed by atoms with van der Waals surface area (Å²) in [6.45, 7) is 4.70. The average Bonchev–Trinajstić information content (AvgIpc) is 2.80. The first-order chi connectivity index (χ1) is 9.40. The zero-order chi connectivity index (χ0) is 14.9. The normalized spacial score (nSPS) is 25.0. The highest BCUT2D eigenvalue weighted by Crippen LogP contribution is 2.35. The van der Waals surface area contributed by atoms with Gasteiger partial charge in [-0.25, -0.2) is 8.42 Å². The minimum atomic E-state index is -3.52. The van der Waals surface area contributed by atoms with Gasteiger partial charge in [0, 0.05) is 17.5 Å². The van der Waals surface area contributed by atoms with Crippen molar-refractivity contribution in [2.45, 2.75) is 43.2 Å². The Morgan fingerprint density at radius 1 is 1.60 bits per heavy atom. The van der Waals surface area contributed by atoms with E-state index in [1.165, 1.54) is 11.3 Å². The van der Waals surface area contributed by atoms with Crippen molar-refractivity contribution < 1.29 is 13.2 Å². The van der Waals surface area contributed by atoms with Gasteiger partial charge in [-0.05, 0) is 35.3 Å². The maximum Gasteiger partial charge on any atom is 0.245 e. The largest absolute Gasteiger partial charge is 0.375 e. The number of hydrogen-bond acceptors (Lipinski definition) is 4. The van der Waals surface area contributed by atoms with Crippen LogP contribution >= 0.6 is 38.9 Å². The van der Waals surface area contributed by atoms with E-state index in [2.05, 4.69) is 15.9 Å². The highest BCUT2D eigenvalue weighted by Gasteiger charge is 2.37. The number of thiophene rings is 1. The molecule has 1 aromatic rings. The van der Waals surface area contributed by atoms with Crippen molar-refractivity contribution in [3.05, 3.63) is 14.7 Å². The zero-order valence-corrected chi connectivity index (χ0v) is 15.3. The third kappa shape index (κ3) is 3.23. The third-order valence-electron chi connectivity index (χ3n) is 3.31. The molecule has 0 spiro atoms. The van der Waals surface area contributed by atoms with Gasteiger partial charge in [0.1, 0.15) is 4.90 Å². The number of hydrogen-bond donors (Lipinski definition) is 0. The first-order valence-corrected chi connectivity index (χ1v) is 9.96. The van der Waals surface area contributed by atoms with Crippen LogP contribution in [0.4, 0.5) is 0 Å². The van der Waals surface area contributed by atoms with Crippen LogP contribution in [-0.2, 0) is 20.6 Å². The molecule has 0 saturated carbocycles. The Morgan fingerprint density at radius 2 is 2.30 bits per heavy atom. The number of nitrogens with zero attached hydrogens (tertiary/aromatic N) is 1. The molecule has 8 heteroatoms. The van der Waals surface area contributed by atoms with E-state index in [4.69, 9.17) is 16.3 Å². The van der Waals surface area contributed by atoms with Gasteiger partial charge in [0.05, 0.1) is 22.4 Å². The molecule has 2 unspecified atom stereocenters. The Morgan fingerprint density at radius 3 is 2.85 bits per heavy atom. The molecule has 0 aliphatic carbocycles. The molecule has 1 aliphatic rings. The molecule has 0 aromatic carbocycles. The molecule has 0 radical (unpaired) electrons. The summed E-state index contributed by atoms with van der Waals surface area (Å²) in [6, 6.07) is 1.55. The smallest absolute Gasteiger partial charge is 0.245 e. The van der Waals surface area contributed by atoms with Crippen molar-refractivity contribution in [1.82, 2.24) is 4.31 Å². The number of ether oxygens (including phenoxy) is 1. The van der Waals surface area contributed by atoms with E-state index in [0.717, 1.165) is 11.3 Å². The van der Waals surface area contributed by atoms with Gasteiger partial charge in [0.2, 0.25) is 10.0 Å². The summed E-state index contributed by atoms with van der Waals surface area (Å²) in [7, 11) is -3.52. The lowest BCUT2D eigenvalue weighted by molar-refractivity contribution is -0.0230. The van der Waals surface area contributed by atoms with Crippen LogP contribution in [0.3, 0.4) is 0 Å². The van der Waals surface area contributed by atoms with E-state index < -0.39 is 10.0 Å². The molecule has 20 heavy (non-hydrogen) atoms. The molecule has 1 aliphatic heterocycles. The van der Waals surface area contributed by atoms with Crippen LogP contribution in [0.1, 0.15) is 25.1 Å². The topological polar surface area (TPSA) is 46.6 Å². The van der Waals surface area contributed by atoms with Crippen LogP contribution in [0.25, 0.3) is 0 Å². The zero-order valence-electron chi connectivity index (χ0n) is 11.3. The standard InChI is InChI=1S/C12H17BrClNO3S2/c1-3-9-7-18-8(2)6-15(9)20(16,17)11-4-10(5-14)19-12(11)13/h4,8-9H,3,5-7H2,1-2H3. The molecule has 2 heterocycles. The Kier molecular flexibility index (Phi) is 5.53. The molecule has 114 valence electrons. The van der Waals surface area contributed by atoms with Gasteiger partial charge in [0.15, 0.2) is 0 Å². The van der Waals surface area contributed by atoms with E-state index >= 15 is 0 Å². The van der Waals surface area contributed by atoms with Crippen molar-refractivity contribution in [3.8, 4) is 0 Å². The van der Waals surface area contributed by atoms with E-state index in [-0.39, 0.29) is 12.1 Å². The van der Waals surface area contributed by atoms with E-state index in [1.807, 2.05) is 13.8 Å². The predicted molar refractivity (Wildman–Crippen MR) is 85.0 cm³/mol. The SMILES string of the molecule is CCC1COC(C)CN1S(=O)(=O)c1cc(CCl)sc1Br. The van der Waals surface area contributed by atoms with Gasteiger partial charge in [-0.15, -0.1) is 22.9 Å².